The zero-order chi connectivity index (χ0) is 20.4. The number of hydrogen-bond acceptors (Lipinski definition) is 4. The number of hydrogen-bond donors (Lipinski definition) is 1. The summed E-state index contributed by atoms with van der Waals surface area (Å²) < 4.78 is 65.0. The summed E-state index contributed by atoms with van der Waals surface area (Å²) in [5.74, 6) is -0.978. The van der Waals surface area contributed by atoms with Crippen molar-refractivity contribution in [1.29, 1.82) is 0 Å². The molecule has 2 aromatic rings. The average molecular weight is 415 g/mol. The minimum atomic E-state index is -4.58. The van der Waals surface area contributed by atoms with E-state index in [1.807, 2.05) is 0 Å². The molecule has 0 bridgehead atoms. The van der Waals surface area contributed by atoms with Crippen molar-refractivity contribution in [3.05, 3.63) is 42.2 Å². The lowest BCUT2D eigenvalue weighted by molar-refractivity contribution is -0.137. The Balaban J connectivity index is 1.77. The molecule has 0 saturated heterocycles. The fraction of sp³-hybridized carbons (Fsp3) is 0.444. The molecule has 1 aliphatic carbocycles. The van der Waals surface area contributed by atoms with E-state index in [1.54, 1.807) is 6.07 Å². The Morgan fingerprint density at radius 3 is 2.57 bits per heavy atom. The molecule has 152 valence electrons. The molecule has 10 heteroatoms. The lowest BCUT2D eigenvalue weighted by Gasteiger charge is -2.15. The highest BCUT2D eigenvalue weighted by molar-refractivity contribution is 7.92. The molecule has 1 aliphatic rings. The molecule has 1 N–H and O–H groups in total. The van der Waals surface area contributed by atoms with Crippen LogP contribution in [0.1, 0.15) is 37.7 Å². The van der Waals surface area contributed by atoms with Crippen LogP contribution in [0, 0.1) is 0 Å². The number of nitrogens with zero attached hydrogens (tertiary/aromatic N) is 2. The standard InChI is InChI=1S/C18H20F3N3O3S/c19-18(20,21)13-6-7-16(24-10-3-9-22-24)15(12-13)23-17(25)8-11-28(26,27)14-4-1-2-5-14/h3,6-7,9-10,12,14H,1-2,4-5,8,11H2,(H,23,25). The van der Waals surface area contributed by atoms with E-state index in [9.17, 15) is 26.4 Å². The SMILES string of the molecule is O=C(CCS(=O)(=O)C1CCCC1)Nc1cc(C(F)(F)F)ccc1-n1cccn1. The molecule has 1 amide bonds. The Morgan fingerprint density at radius 2 is 1.96 bits per heavy atom. The highest BCUT2D eigenvalue weighted by Gasteiger charge is 2.32. The summed E-state index contributed by atoms with van der Waals surface area (Å²) in [6, 6.07) is 4.52. The van der Waals surface area contributed by atoms with Gasteiger partial charge in [-0.3, -0.25) is 4.79 Å². The van der Waals surface area contributed by atoms with Crippen LogP contribution >= 0.6 is 0 Å². The minimum Gasteiger partial charge on any atom is -0.324 e. The lowest BCUT2D eigenvalue weighted by Crippen LogP contribution is -2.25. The Bertz CT molecular complexity index is 935. The van der Waals surface area contributed by atoms with Gasteiger partial charge in [0.2, 0.25) is 5.91 Å². The molecular weight excluding hydrogens is 395 g/mol. The van der Waals surface area contributed by atoms with Gasteiger partial charge in [-0.2, -0.15) is 18.3 Å². The number of aromatic nitrogens is 2. The van der Waals surface area contributed by atoms with Crippen LogP contribution in [0.15, 0.2) is 36.7 Å². The van der Waals surface area contributed by atoms with Crippen molar-refractivity contribution in [3.8, 4) is 5.69 Å². The Hall–Kier alpha value is -2.36. The number of benzene rings is 1. The summed E-state index contributed by atoms with van der Waals surface area (Å²) in [6.45, 7) is 0. The zero-order valence-corrected chi connectivity index (χ0v) is 15.8. The van der Waals surface area contributed by atoms with Gasteiger partial charge >= 0.3 is 6.18 Å². The molecule has 0 radical (unpaired) electrons. The number of carbonyl (C=O) groups excluding carboxylic acids is 1. The normalized spacial score (nSPS) is 15.7. The highest BCUT2D eigenvalue weighted by Crippen LogP contribution is 2.33. The van der Waals surface area contributed by atoms with Crippen LogP contribution in [0.5, 0.6) is 0 Å². The van der Waals surface area contributed by atoms with Gasteiger partial charge in [0.25, 0.3) is 0 Å². The van der Waals surface area contributed by atoms with Crippen LogP contribution in [0.3, 0.4) is 0 Å². The number of amides is 1. The molecule has 1 aromatic carbocycles. The number of nitrogens with one attached hydrogen (secondary N) is 1. The van der Waals surface area contributed by atoms with Crippen molar-refractivity contribution >= 4 is 21.4 Å². The molecule has 0 aliphatic heterocycles. The number of sulfone groups is 1. The summed E-state index contributed by atoms with van der Waals surface area (Å²) >= 11 is 0. The first-order valence-electron chi connectivity index (χ1n) is 8.89. The van der Waals surface area contributed by atoms with Gasteiger partial charge in [-0.25, -0.2) is 13.1 Å². The number of anilines is 1. The molecule has 1 fully saturated rings. The van der Waals surface area contributed by atoms with Gasteiger partial charge in [0.15, 0.2) is 9.84 Å². The summed E-state index contributed by atoms with van der Waals surface area (Å²) in [7, 11) is -3.39. The van der Waals surface area contributed by atoms with Gasteiger partial charge in [0, 0.05) is 18.8 Å². The van der Waals surface area contributed by atoms with Gasteiger partial charge in [-0.15, -0.1) is 0 Å². The second-order valence-corrected chi connectivity index (χ2v) is 9.15. The van der Waals surface area contributed by atoms with Gasteiger partial charge < -0.3 is 5.32 Å². The van der Waals surface area contributed by atoms with Crippen molar-refractivity contribution in [2.75, 3.05) is 11.1 Å². The van der Waals surface area contributed by atoms with Crippen LogP contribution in [-0.4, -0.2) is 35.1 Å². The van der Waals surface area contributed by atoms with E-state index in [1.165, 1.54) is 23.1 Å². The van der Waals surface area contributed by atoms with Crippen molar-refractivity contribution in [2.45, 2.75) is 43.5 Å². The van der Waals surface area contributed by atoms with E-state index in [4.69, 9.17) is 0 Å². The van der Waals surface area contributed by atoms with Crippen LogP contribution in [0.25, 0.3) is 5.69 Å². The molecule has 1 saturated carbocycles. The Kier molecular flexibility index (Phi) is 5.78. The van der Waals surface area contributed by atoms with Gasteiger partial charge in [0.05, 0.1) is 27.9 Å². The average Bonchev–Trinajstić information content (AvgIpc) is 3.33. The number of rotatable bonds is 6. The third-order valence-corrected chi connectivity index (χ3v) is 7.03. The van der Waals surface area contributed by atoms with Crippen LogP contribution < -0.4 is 5.32 Å². The van der Waals surface area contributed by atoms with E-state index >= 15 is 0 Å². The smallest absolute Gasteiger partial charge is 0.324 e. The summed E-state index contributed by atoms with van der Waals surface area (Å²) in [5.41, 5.74) is -0.746. The zero-order valence-electron chi connectivity index (χ0n) is 14.9. The molecule has 0 unspecified atom stereocenters. The van der Waals surface area contributed by atoms with Gasteiger partial charge in [0.1, 0.15) is 0 Å². The second-order valence-electron chi connectivity index (χ2n) is 6.75. The predicted molar refractivity (Wildman–Crippen MR) is 97.9 cm³/mol. The topological polar surface area (TPSA) is 81.1 Å². The molecule has 1 heterocycles. The molecule has 6 nitrogen and oxygen atoms in total. The Morgan fingerprint density at radius 1 is 1.25 bits per heavy atom. The molecule has 0 spiro atoms. The van der Waals surface area contributed by atoms with Crippen LogP contribution in [-0.2, 0) is 20.8 Å². The maximum atomic E-state index is 13.0. The van der Waals surface area contributed by atoms with Crippen LogP contribution in [0.4, 0.5) is 18.9 Å². The molecule has 28 heavy (non-hydrogen) atoms. The van der Waals surface area contributed by atoms with Gasteiger partial charge in [-0.05, 0) is 37.1 Å². The van der Waals surface area contributed by atoms with E-state index in [0.717, 1.165) is 25.0 Å². The quantitative estimate of drug-likeness (QED) is 0.782. The third-order valence-electron chi connectivity index (χ3n) is 4.77. The summed E-state index contributed by atoms with van der Waals surface area (Å²) in [4.78, 5) is 12.3. The van der Waals surface area contributed by atoms with E-state index < -0.39 is 32.7 Å². The first kappa shape index (κ1) is 20.4. The van der Waals surface area contributed by atoms with Crippen molar-refractivity contribution in [2.24, 2.45) is 0 Å². The summed E-state index contributed by atoms with van der Waals surface area (Å²) in [6.07, 6.45) is 1.00. The first-order valence-corrected chi connectivity index (χ1v) is 10.6. The van der Waals surface area contributed by atoms with E-state index in [2.05, 4.69) is 10.4 Å². The van der Waals surface area contributed by atoms with Crippen molar-refractivity contribution < 1.29 is 26.4 Å². The van der Waals surface area contributed by atoms with Gasteiger partial charge in [-0.1, -0.05) is 12.8 Å². The van der Waals surface area contributed by atoms with Crippen molar-refractivity contribution in [1.82, 2.24) is 9.78 Å². The maximum Gasteiger partial charge on any atom is 0.416 e. The number of carbonyl (C=O) groups is 1. The molecule has 0 atom stereocenters. The summed E-state index contributed by atoms with van der Waals surface area (Å²) in [5, 5.41) is 5.96. The van der Waals surface area contributed by atoms with E-state index in [-0.39, 0.29) is 23.5 Å². The second kappa shape index (κ2) is 7.94. The lowest BCUT2D eigenvalue weighted by atomic mass is 10.1. The monoisotopic (exact) mass is 415 g/mol. The highest BCUT2D eigenvalue weighted by atomic mass is 32.2. The Labute approximate surface area is 160 Å². The minimum absolute atomic E-state index is 0.0817. The molecule has 3 rings (SSSR count). The maximum absolute atomic E-state index is 13.0. The largest absolute Gasteiger partial charge is 0.416 e. The fourth-order valence-corrected chi connectivity index (χ4v) is 5.14. The first-order chi connectivity index (χ1) is 13.2. The predicted octanol–water partition coefficient (Wildman–Crippen LogP) is 3.58. The van der Waals surface area contributed by atoms with E-state index in [0.29, 0.717) is 12.8 Å². The third kappa shape index (κ3) is 4.73. The van der Waals surface area contributed by atoms with Crippen molar-refractivity contribution in [3.63, 3.8) is 0 Å². The molecular formula is C18H20F3N3O3S. The van der Waals surface area contributed by atoms with Crippen LogP contribution in [0.2, 0.25) is 0 Å². The molecule has 1 aromatic heterocycles. The number of halogens is 3. The fourth-order valence-electron chi connectivity index (χ4n) is 3.29. The number of alkyl halides is 3.